The highest BCUT2D eigenvalue weighted by Crippen LogP contribution is 2.31. The number of sulfonamides is 1. The van der Waals surface area contributed by atoms with Gasteiger partial charge in [0.25, 0.3) is 10.0 Å². The number of thiophene rings is 1. The van der Waals surface area contributed by atoms with Gasteiger partial charge in [-0.25, -0.2) is 8.42 Å². The van der Waals surface area contributed by atoms with Crippen molar-refractivity contribution in [2.24, 2.45) is 0 Å². The fraction of sp³-hybridized carbons (Fsp3) is 0.167. The van der Waals surface area contributed by atoms with E-state index in [-0.39, 0.29) is 0 Å². The molecule has 0 amide bonds. The molecule has 0 spiro atoms. The van der Waals surface area contributed by atoms with Gasteiger partial charge in [-0.1, -0.05) is 34.1 Å². The molecule has 1 aromatic carbocycles. The van der Waals surface area contributed by atoms with Gasteiger partial charge in [0, 0.05) is 10.2 Å². The van der Waals surface area contributed by atoms with Gasteiger partial charge in [-0.15, -0.1) is 11.3 Å². The zero-order chi connectivity index (χ0) is 14.0. The van der Waals surface area contributed by atoms with E-state index in [1.807, 2.05) is 12.1 Å². The first-order valence-corrected chi connectivity index (χ1v) is 9.58. The fourth-order valence-electron chi connectivity index (χ4n) is 1.63. The Morgan fingerprint density at radius 2 is 2.00 bits per heavy atom. The van der Waals surface area contributed by atoms with Crippen LogP contribution >= 0.6 is 43.2 Å². The molecule has 0 unspecified atom stereocenters. The molecule has 102 valence electrons. The summed E-state index contributed by atoms with van der Waals surface area (Å²) in [4.78, 5) is 1.07. The maximum atomic E-state index is 12.4. The average molecular weight is 425 g/mol. The number of anilines is 1. The van der Waals surface area contributed by atoms with E-state index in [0.29, 0.717) is 15.9 Å². The molecule has 0 aliphatic rings. The predicted octanol–water partition coefficient (Wildman–Crippen LogP) is 4.51. The second-order valence-corrected chi connectivity index (χ2v) is 8.71. The van der Waals surface area contributed by atoms with E-state index in [1.165, 1.54) is 11.3 Å². The molecule has 0 saturated heterocycles. The van der Waals surface area contributed by atoms with Crippen molar-refractivity contribution in [2.75, 3.05) is 4.72 Å². The molecule has 2 rings (SSSR count). The Hall–Kier alpha value is -0.370. The van der Waals surface area contributed by atoms with Gasteiger partial charge >= 0.3 is 0 Å². The molecule has 0 fully saturated rings. The largest absolute Gasteiger partial charge is 0.279 e. The lowest BCUT2D eigenvalue weighted by Gasteiger charge is -2.10. The van der Waals surface area contributed by atoms with E-state index in [0.717, 1.165) is 14.2 Å². The second kappa shape index (κ2) is 5.95. The van der Waals surface area contributed by atoms with Crippen molar-refractivity contribution in [2.45, 2.75) is 17.1 Å². The molecule has 0 aliphatic heterocycles. The van der Waals surface area contributed by atoms with Crippen LogP contribution in [0.2, 0.25) is 0 Å². The number of nitrogens with one attached hydrogen (secondary N) is 1. The van der Waals surface area contributed by atoms with Gasteiger partial charge in [-0.05, 0) is 40.5 Å². The van der Waals surface area contributed by atoms with E-state index in [4.69, 9.17) is 0 Å². The van der Waals surface area contributed by atoms with Crippen molar-refractivity contribution in [3.05, 3.63) is 44.6 Å². The van der Waals surface area contributed by atoms with Crippen LogP contribution in [0.3, 0.4) is 0 Å². The highest BCUT2D eigenvalue weighted by atomic mass is 79.9. The first-order valence-electron chi connectivity index (χ1n) is 5.36. The van der Waals surface area contributed by atoms with Gasteiger partial charge in [0.1, 0.15) is 4.90 Å². The summed E-state index contributed by atoms with van der Waals surface area (Å²) in [5.74, 6) is 0. The lowest BCUT2D eigenvalue weighted by atomic mass is 10.2. The summed E-state index contributed by atoms with van der Waals surface area (Å²) in [5.41, 5.74) is 1.50. The summed E-state index contributed by atoms with van der Waals surface area (Å²) >= 11 is 8.06. The SMILES string of the molecule is Cc1sc(Br)cc1S(=O)(=O)Nc1ccccc1CBr. The lowest BCUT2D eigenvalue weighted by Crippen LogP contribution is -2.14. The summed E-state index contributed by atoms with van der Waals surface area (Å²) in [6.45, 7) is 1.79. The third-order valence-corrected chi connectivity index (χ3v) is 6.32. The fourth-order valence-corrected chi connectivity index (χ4v) is 5.64. The molecule has 1 N–H and O–H groups in total. The van der Waals surface area contributed by atoms with Crippen molar-refractivity contribution in [3.8, 4) is 0 Å². The van der Waals surface area contributed by atoms with Crippen LogP contribution in [0.4, 0.5) is 5.69 Å². The summed E-state index contributed by atoms with van der Waals surface area (Å²) in [6, 6.07) is 8.94. The number of alkyl halides is 1. The van der Waals surface area contributed by atoms with E-state index >= 15 is 0 Å². The maximum Gasteiger partial charge on any atom is 0.263 e. The van der Waals surface area contributed by atoms with Gasteiger partial charge in [-0.2, -0.15) is 0 Å². The molecular weight excluding hydrogens is 414 g/mol. The molecule has 0 saturated carbocycles. The molecule has 2 aromatic rings. The minimum atomic E-state index is -3.55. The molecule has 7 heteroatoms. The molecule has 0 atom stereocenters. The Balaban J connectivity index is 2.39. The lowest BCUT2D eigenvalue weighted by molar-refractivity contribution is 0.601. The van der Waals surface area contributed by atoms with E-state index in [9.17, 15) is 8.42 Å². The van der Waals surface area contributed by atoms with Crippen LogP contribution < -0.4 is 4.72 Å². The zero-order valence-corrected chi connectivity index (χ0v) is 14.8. The smallest absolute Gasteiger partial charge is 0.263 e. The van der Waals surface area contributed by atoms with Gasteiger partial charge in [0.05, 0.1) is 9.47 Å². The molecule has 1 heterocycles. The van der Waals surface area contributed by atoms with Crippen molar-refractivity contribution >= 4 is 58.9 Å². The van der Waals surface area contributed by atoms with Crippen molar-refractivity contribution < 1.29 is 8.42 Å². The van der Waals surface area contributed by atoms with E-state index in [2.05, 4.69) is 36.6 Å². The number of hydrogen-bond acceptors (Lipinski definition) is 3. The Morgan fingerprint density at radius 1 is 1.32 bits per heavy atom. The third kappa shape index (κ3) is 3.39. The van der Waals surface area contributed by atoms with Crippen molar-refractivity contribution in [1.29, 1.82) is 0 Å². The van der Waals surface area contributed by atoms with E-state index < -0.39 is 10.0 Å². The van der Waals surface area contributed by atoms with Crippen LogP contribution in [-0.4, -0.2) is 8.42 Å². The molecule has 0 bridgehead atoms. The Kier molecular flexibility index (Phi) is 4.70. The van der Waals surface area contributed by atoms with Gasteiger partial charge in [-0.3, -0.25) is 4.72 Å². The van der Waals surface area contributed by atoms with Crippen LogP contribution in [-0.2, 0) is 15.4 Å². The second-order valence-electron chi connectivity index (χ2n) is 3.87. The Labute approximate surface area is 133 Å². The number of halogens is 2. The number of aryl methyl sites for hydroxylation is 1. The quantitative estimate of drug-likeness (QED) is 0.733. The average Bonchev–Trinajstić information content (AvgIpc) is 2.69. The summed E-state index contributed by atoms with van der Waals surface area (Å²) < 4.78 is 28.2. The summed E-state index contributed by atoms with van der Waals surface area (Å²) in [7, 11) is -3.55. The number of hydrogen-bond donors (Lipinski definition) is 1. The molecule has 0 radical (unpaired) electrons. The van der Waals surface area contributed by atoms with Gasteiger partial charge in [0.2, 0.25) is 0 Å². The maximum absolute atomic E-state index is 12.4. The Morgan fingerprint density at radius 3 is 2.58 bits per heavy atom. The number of rotatable bonds is 4. The molecule has 1 aromatic heterocycles. The molecule has 3 nitrogen and oxygen atoms in total. The minimum Gasteiger partial charge on any atom is -0.279 e. The molecule has 19 heavy (non-hydrogen) atoms. The summed E-state index contributed by atoms with van der Waals surface area (Å²) in [6.07, 6.45) is 0. The van der Waals surface area contributed by atoms with Crippen LogP contribution in [0.25, 0.3) is 0 Å². The van der Waals surface area contributed by atoms with Crippen LogP contribution in [0.1, 0.15) is 10.4 Å². The predicted molar refractivity (Wildman–Crippen MR) is 86.6 cm³/mol. The van der Waals surface area contributed by atoms with Crippen molar-refractivity contribution in [3.63, 3.8) is 0 Å². The van der Waals surface area contributed by atoms with Gasteiger partial charge in [0.15, 0.2) is 0 Å². The molecule has 0 aliphatic carbocycles. The minimum absolute atomic E-state index is 0.314. The van der Waals surface area contributed by atoms with E-state index in [1.54, 1.807) is 25.1 Å². The third-order valence-electron chi connectivity index (χ3n) is 2.54. The van der Waals surface area contributed by atoms with Crippen LogP contribution in [0.5, 0.6) is 0 Å². The summed E-state index contributed by atoms with van der Waals surface area (Å²) in [5, 5.41) is 0.595. The highest BCUT2D eigenvalue weighted by Gasteiger charge is 2.20. The van der Waals surface area contributed by atoms with Crippen LogP contribution in [0, 0.1) is 6.92 Å². The standard InChI is InChI=1S/C12H11Br2NO2S2/c1-8-11(6-12(14)18-8)19(16,17)15-10-5-3-2-4-9(10)7-13/h2-6,15H,7H2,1H3. The van der Waals surface area contributed by atoms with Crippen LogP contribution in [0.15, 0.2) is 39.0 Å². The monoisotopic (exact) mass is 423 g/mol. The normalized spacial score (nSPS) is 11.5. The first kappa shape index (κ1) is 15.0. The number of benzene rings is 1. The zero-order valence-electron chi connectivity index (χ0n) is 9.98. The Bertz CT molecular complexity index is 696. The molecular formula is C12H11Br2NO2S2. The topological polar surface area (TPSA) is 46.2 Å². The number of para-hydroxylation sites is 1. The van der Waals surface area contributed by atoms with Gasteiger partial charge < -0.3 is 0 Å². The first-order chi connectivity index (χ1) is 8.94. The van der Waals surface area contributed by atoms with Crippen molar-refractivity contribution in [1.82, 2.24) is 0 Å². The highest BCUT2D eigenvalue weighted by molar-refractivity contribution is 9.11.